The lowest BCUT2D eigenvalue weighted by molar-refractivity contribution is 0.187. The fourth-order valence-electron chi connectivity index (χ4n) is 2.42. The maximum atomic E-state index is 9.44. The average Bonchev–Trinajstić information content (AvgIpc) is 3.11. The van der Waals surface area contributed by atoms with Crippen LogP contribution in [0.2, 0.25) is 0 Å². The third-order valence-corrected chi connectivity index (χ3v) is 3.99. The molecule has 2 rings (SSSR count). The molecule has 0 amide bonds. The summed E-state index contributed by atoms with van der Waals surface area (Å²) >= 11 is 0. The molecule has 1 fully saturated rings. The molecule has 94 valence electrons. The average molecular weight is 235 g/mol. The molecular weight excluding hydrogens is 214 g/mol. The fourth-order valence-corrected chi connectivity index (χ4v) is 2.42. The van der Waals surface area contributed by atoms with Crippen molar-refractivity contribution in [1.29, 1.82) is 0 Å². The standard InChI is InChI=1S/C14H21NO2/c1-9-7-12(17-3)10(2)6-11(9)13(15)14(8-16)4-5-14/h6-7,13,16H,4-5,8,15H2,1-3H3. The van der Waals surface area contributed by atoms with Crippen molar-refractivity contribution < 1.29 is 9.84 Å². The van der Waals surface area contributed by atoms with Crippen LogP contribution in [0.1, 0.15) is 35.6 Å². The molecule has 1 aromatic rings. The summed E-state index contributed by atoms with van der Waals surface area (Å²) < 4.78 is 5.30. The van der Waals surface area contributed by atoms with Crippen LogP contribution < -0.4 is 10.5 Å². The van der Waals surface area contributed by atoms with Crippen molar-refractivity contribution >= 4 is 0 Å². The van der Waals surface area contributed by atoms with E-state index in [4.69, 9.17) is 10.5 Å². The van der Waals surface area contributed by atoms with Crippen molar-refractivity contribution in [2.75, 3.05) is 13.7 Å². The SMILES string of the molecule is COc1cc(C)c(C(N)C2(CO)CC2)cc1C. The van der Waals surface area contributed by atoms with Crippen LogP contribution in [0.15, 0.2) is 12.1 Å². The second-order valence-corrected chi connectivity index (χ2v) is 5.18. The van der Waals surface area contributed by atoms with Gasteiger partial charge in [0.05, 0.1) is 13.7 Å². The summed E-state index contributed by atoms with van der Waals surface area (Å²) in [6.07, 6.45) is 2.05. The summed E-state index contributed by atoms with van der Waals surface area (Å²) in [4.78, 5) is 0. The van der Waals surface area contributed by atoms with Crippen LogP contribution >= 0.6 is 0 Å². The summed E-state index contributed by atoms with van der Waals surface area (Å²) in [5, 5.41) is 9.44. The molecular formula is C14H21NO2. The number of hydrogen-bond acceptors (Lipinski definition) is 3. The van der Waals surface area contributed by atoms with E-state index in [1.165, 1.54) is 0 Å². The summed E-state index contributed by atoms with van der Waals surface area (Å²) in [6.45, 7) is 4.25. The highest BCUT2D eigenvalue weighted by molar-refractivity contribution is 5.43. The number of benzene rings is 1. The number of aliphatic hydroxyl groups is 1. The molecule has 1 aliphatic carbocycles. The molecule has 3 N–H and O–H groups in total. The van der Waals surface area contributed by atoms with Gasteiger partial charge in [-0.3, -0.25) is 0 Å². The van der Waals surface area contributed by atoms with Crippen LogP contribution in [0.25, 0.3) is 0 Å². The van der Waals surface area contributed by atoms with E-state index in [1.54, 1.807) is 7.11 Å². The zero-order chi connectivity index (χ0) is 12.6. The van der Waals surface area contributed by atoms with E-state index in [1.807, 2.05) is 19.9 Å². The third-order valence-electron chi connectivity index (χ3n) is 3.99. The molecule has 3 heteroatoms. The van der Waals surface area contributed by atoms with Gasteiger partial charge in [0.15, 0.2) is 0 Å². The first-order valence-electron chi connectivity index (χ1n) is 6.05. The maximum Gasteiger partial charge on any atom is 0.122 e. The van der Waals surface area contributed by atoms with Gasteiger partial charge in [-0.2, -0.15) is 0 Å². The van der Waals surface area contributed by atoms with Gasteiger partial charge in [-0.15, -0.1) is 0 Å². The van der Waals surface area contributed by atoms with Crippen LogP contribution in [0.3, 0.4) is 0 Å². The summed E-state index contributed by atoms with van der Waals surface area (Å²) in [5.41, 5.74) is 9.60. The number of aryl methyl sites for hydroxylation is 2. The van der Waals surface area contributed by atoms with E-state index in [2.05, 4.69) is 6.07 Å². The zero-order valence-corrected chi connectivity index (χ0v) is 10.8. The molecule has 0 aromatic heterocycles. The van der Waals surface area contributed by atoms with Crippen LogP contribution in [0.4, 0.5) is 0 Å². The Bertz CT molecular complexity index is 424. The van der Waals surface area contributed by atoms with E-state index < -0.39 is 0 Å². The zero-order valence-electron chi connectivity index (χ0n) is 10.8. The number of ether oxygens (including phenoxy) is 1. The van der Waals surface area contributed by atoms with Gasteiger partial charge >= 0.3 is 0 Å². The van der Waals surface area contributed by atoms with E-state index >= 15 is 0 Å². The molecule has 3 nitrogen and oxygen atoms in total. The van der Waals surface area contributed by atoms with Gasteiger partial charge in [0.25, 0.3) is 0 Å². The van der Waals surface area contributed by atoms with Crippen LogP contribution in [-0.2, 0) is 0 Å². The fraction of sp³-hybridized carbons (Fsp3) is 0.571. The summed E-state index contributed by atoms with van der Waals surface area (Å²) in [5.74, 6) is 0.896. The second-order valence-electron chi connectivity index (χ2n) is 5.18. The second kappa shape index (κ2) is 4.31. The molecule has 1 aliphatic rings. The van der Waals surface area contributed by atoms with Crippen molar-refractivity contribution in [2.45, 2.75) is 32.7 Å². The predicted molar refractivity (Wildman–Crippen MR) is 68.1 cm³/mol. The highest BCUT2D eigenvalue weighted by Gasteiger charge is 2.48. The monoisotopic (exact) mass is 235 g/mol. The Balaban J connectivity index is 2.36. The number of rotatable bonds is 4. The molecule has 1 saturated carbocycles. The van der Waals surface area contributed by atoms with Crippen LogP contribution in [-0.4, -0.2) is 18.8 Å². The molecule has 1 unspecified atom stereocenters. The summed E-state index contributed by atoms with van der Waals surface area (Å²) in [6, 6.07) is 4.05. The molecule has 17 heavy (non-hydrogen) atoms. The van der Waals surface area contributed by atoms with Gasteiger partial charge in [-0.25, -0.2) is 0 Å². The van der Waals surface area contributed by atoms with E-state index in [-0.39, 0.29) is 18.1 Å². The number of aliphatic hydroxyl groups excluding tert-OH is 1. The van der Waals surface area contributed by atoms with Gasteiger partial charge in [-0.05, 0) is 49.4 Å². The van der Waals surface area contributed by atoms with Crippen molar-refractivity contribution in [3.05, 3.63) is 28.8 Å². The highest BCUT2D eigenvalue weighted by Crippen LogP contribution is 2.54. The largest absolute Gasteiger partial charge is 0.496 e. The topological polar surface area (TPSA) is 55.5 Å². The van der Waals surface area contributed by atoms with Gasteiger partial charge in [0.1, 0.15) is 5.75 Å². The Kier molecular flexibility index (Phi) is 3.15. The van der Waals surface area contributed by atoms with Crippen LogP contribution in [0.5, 0.6) is 5.75 Å². The first-order valence-corrected chi connectivity index (χ1v) is 6.05. The Morgan fingerprint density at radius 1 is 1.35 bits per heavy atom. The molecule has 0 heterocycles. The minimum atomic E-state index is -0.0776. The minimum absolute atomic E-state index is 0.0721. The Morgan fingerprint density at radius 3 is 2.47 bits per heavy atom. The Labute approximate surface area is 103 Å². The molecule has 0 saturated heterocycles. The van der Waals surface area contributed by atoms with Gasteiger partial charge in [0.2, 0.25) is 0 Å². The quantitative estimate of drug-likeness (QED) is 0.840. The lowest BCUT2D eigenvalue weighted by Gasteiger charge is -2.24. The highest BCUT2D eigenvalue weighted by atomic mass is 16.5. The molecule has 1 atom stereocenters. The minimum Gasteiger partial charge on any atom is -0.496 e. The van der Waals surface area contributed by atoms with E-state index in [9.17, 15) is 5.11 Å². The first-order chi connectivity index (χ1) is 8.04. The molecule has 0 spiro atoms. The van der Waals surface area contributed by atoms with Gasteiger partial charge in [-0.1, -0.05) is 6.07 Å². The van der Waals surface area contributed by atoms with E-state index in [0.717, 1.165) is 35.3 Å². The summed E-state index contributed by atoms with van der Waals surface area (Å²) in [7, 11) is 1.68. The maximum absolute atomic E-state index is 9.44. The van der Waals surface area contributed by atoms with Crippen molar-refractivity contribution in [1.82, 2.24) is 0 Å². The van der Waals surface area contributed by atoms with E-state index in [0.29, 0.717) is 0 Å². The number of hydrogen-bond donors (Lipinski definition) is 2. The van der Waals surface area contributed by atoms with Gasteiger partial charge in [0, 0.05) is 11.5 Å². The normalized spacial score (nSPS) is 18.9. The van der Waals surface area contributed by atoms with Crippen molar-refractivity contribution in [2.24, 2.45) is 11.1 Å². The lowest BCUT2D eigenvalue weighted by Crippen LogP contribution is -2.26. The molecule has 1 aromatic carbocycles. The Hall–Kier alpha value is -1.06. The number of nitrogens with two attached hydrogens (primary N) is 1. The van der Waals surface area contributed by atoms with Crippen LogP contribution in [0, 0.1) is 19.3 Å². The van der Waals surface area contributed by atoms with Crippen molar-refractivity contribution in [3.8, 4) is 5.75 Å². The third kappa shape index (κ3) is 2.05. The molecule has 0 radical (unpaired) electrons. The molecule has 0 aliphatic heterocycles. The smallest absolute Gasteiger partial charge is 0.122 e. The van der Waals surface area contributed by atoms with Gasteiger partial charge < -0.3 is 15.6 Å². The lowest BCUT2D eigenvalue weighted by atomic mass is 9.88. The van der Waals surface area contributed by atoms with Crippen molar-refractivity contribution in [3.63, 3.8) is 0 Å². The predicted octanol–water partition coefficient (Wildman–Crippen LogP) is 2.08. The molecule has 0 bridgehead atoms. The first kappa shape index (κ1) is 12.4. The number of methoxy groups -OCH3 is 1. The Morgan fingerprint density at radius 2 is 2.00 bits per heavy atom.